The number of nitrogens with one attached hydrogen (secondary N) is 2. The van der Waals surface area contributed by atoms with Crippen LogP contribution in [0.3, 0.4) is 0 Å². The second-order valence-electron chi connectivity index (χ2n) is 3.74. The molecule has 0 bridgehead atoms. The lowest BCUT2D eigenvalue weighted by Gasteiger charge is -2.05. The summed E-state index contributed by atoms with van der Waals surface area (Å²) < 4.78 is 1.80. The Hall–Kier alpha value is -2.11. The zero-order valence-corrected chi connectivity index (χ0v) is 10.0. The zero-order valence-electron chi connectivity index (χ0n) is 10.0. The van der Waals surface area contributed by atoms with E-state index >= 15 is 0 Å². The Morgan fingerprint density at radius 3 is 2.82 bits per heavy atom. The molecule has 0 atom stereocenters. The highest BCUT2D eigenvalue weighted by Gasteiger charge is 1.98. The van der Waals surface area contributed by atoms with E-state index in [2.05, 4.69) is 25.7 Å². The number of nitrogens with zero attached hydrogens (tertiary/aromatic N) is 4. The average Bonchev–Trinajstić information content (AvgIpc) is 2.75. The molecule has 0 unspecified atom stereocenters. The molecule has 2 aromatic rings. The van der Waals surface area contributed by atoms with Gasteiger partial charge in [-0.25, -0.2) is 9.97 Å². The zero-order chi connectivity index (χ0) is 12.1. The molecule has 90 valence electrons. The number of aryl methyl sites for hydroxylation is 1. The highest BCUT2D eigenvalue weighted by molar-refractivity contribution is 5.45. The summed E-state index contributed by atoms with van der Waals surface area (Å²) in [6.45, 7) is 0.825. The van der Waals surface area contributed by atoms with Crippen molar-refractivity contribution < 1.29 is 0 Å². The summed E-state index contributed by atoms with van der Waals surface area (Å²) >= 11 is 0. The molecule has 0 spiro atoms. The number of aromatic nitrogens is 4. The Bertz CT molecular complexity index is 478. The monoisotopic (exact) mass is 232 g/mol. The van der Waals surface area contributed by atoms with Crippen LogP contribution in [-0.4, -0.2) is 33.3 Å². The molecule has 0 fully saturated rings. The van der Waals surface area contributed by atoms with Gasteiger partial charge in [-0.2, -0.15) is 5.10 Å². The van der Waals surface area contributed by atoms with E-state index in [0.717, 1.165) is 24.6 Å². The van der Waals surface area contributed by atoms with Crippen LogP contribution in [0.5, 0.6) is 0 Å². The standard InChI is InChI=1S/C11H16N6/c1-12-10-5-11(15-8-14-10)13-4-3-9-6-16-17(2)7-9/h5-8H,3-4H2,1-2H3,(H2,12,13,14,15). The first-order valence-electron chi connectivity index (χ1n) is 5.49. The van der Waals surface area contributed by atoms with Crippen molar-refractivity contribution >= 4 is 11.6 Å². The van der Waals surface area contributed by atoms with E-state index < -0.39 is 0 Å². The maximum Gasteiger partial charge on any atom is 0.131 e. The van der Waals surface area contributed by atoms with Crippen molar-refractivity contribution in [1.29, 1.82) is 0 Å². The Labute approximate surface area is 100 Å². The van der Waals surface area contributed by atoms with Gasteiger partial charge in [0, 0.05) is 32.9 Å². The molecule has 17 heavy (non-hydrogen) atoms. The molecule has 6 nitrogen and oxygen atoms in total. The van der Waals surface area contributed by atoms with E-state index in [0.29, 0.717) is 0 Å². The van der Waals surface area contributed by atoms with Crippen LogP contribution in [-0.2, 0) is 13.5 Å². The number of rotatable bonds is 5. The normalized spacial score (nSPS) is 10.2. The Morgan fingerprint density at radius 1 is 1.29 bits per heavy atom. The summed E-state index contributed by atoms with van der Waals surface area (Å²) in [6, 6.07) is 1.88. The fraction of sp³-hybridized carbons (Fsp3) is 0.364. The summed E-state index contributed by atoms with van der Waals surface area (Å²) in [6.07, 6.45) is 6.35. The molecule has 0 aliphatic carbocycles. The van der Waals surface area contributed by atoms with E-state index in [1.54, 1.807) is 4.68 Å². The lowest BCUT2D eigenvalue weighted by Crippen LogP contribution is -2.06. The highest BCUT2D eigenvalue weighted by Crippen LogP contribution is 2.07. The molecule has 0 radical (unpaired) electrons. The Kier molecular flexibility index (Phi) is 3.54. The van der Waals surface area contributed by atoms with Gasteiger partial charge in [-0.1, -0.05) is 0 Å². The van der Waals surface area contributed by atoms with Crippen molar-refractivity contribution in [2.24, 2.45) is 7.05 Å². The van der Waals surface area contributed by atoms with E-state index in [1.165, 1.54) is 11.9 Å². The number of hydrogen-bond donors (Lipinski definition) is 2. The Balaban J connectivity index is 1.85. The molecule has 0 amide bonds. The topological polar surface area (TPSA) is 67.7 Å². The van der Waals surface area contributed by atoms with Gasteiger partial charge in [0.1, 0.15) is 18.0 Å². The fourth-order valence-corrected chi connectivity index (χ4v) is 1.53. The summed E-state index contributed by atoms with van der Waals surface area (Å²) in [5.74, 6) is 1.64. The second kappa shape index (κ2) is 5.29. The van der Waals surface area contributed by atoms with Crippen LogP contribution in [0.1, 0.15) is 5.56 Å². The predicted molar refractivity (Wildman–Crippen MR) is 67.0 cm³/mol. The number of anilines is 2. The third-order valence-corrected chi connectivity index (χ3v) is 2.40. The maximum absolute atomic E-state index is 4.14. The van der Waals surface area contributed by atoms with Gasteiger partial charge in [-0.05, 0) is 12.0 Å². The lowest BCUT2D eigenvalue weighted by atomic mass is 10.2. The molecule has 2 rings (SSSR count). The molecule has 0 saturated carbocycles. The van der Waals surface area contributed by atoms with Crippen molar-refractivity contribution in [2.45, 2.75) is 6.42 Å². The van der Waals surface area contributed by atoms with Crippen molar-refractivity contribution in [3.63, 3.8) is 0 Å². The summed E-state index contributed by atoms with van der Waals surface area (Å²) in [5.41, 5.74) is 1.21. The van der Waals surface area contributed by atoms with Crippen LogP contribution in [0.4, 0.5) is 11.6 Å². The third-order valence-electron chi connectivity index (χ3n) is 2.40. The fourth-order valence-electron chi connectivity index (χ4n) is 1.53. The van der Waals surface area contributed by atoms with E-state index in [1.807, 2.05) is 32.6 Å². The van der Waals surface area contributed by atoms with Gasteiger partial charge in [0.2, 0.25) is 0 Å². The first kappa shape index (κ1) is 11.4. The highest BCUT2D eigenvalue weighted by atomic mass is 15.2. The van der Waals surface area contributed by atoms with Crippen LogP contribution in [0.25, 0.3) is 0 Å². The lowest BCUT2D eigenvalue weighted by molar-refractivity contribution is 0.767. The first-order chi connectivity index (χ1) is 8.28. The van der Waals surface area contributed by atoms with Crippen molar-refractivity contribution in [3.05, 3.63) is 30.4 Å². The smallest absolute Gasteiger partial charge is 0.131 e. The Morgan fingerprint density at radius 2 is 2.12 bits per heavy atom. The minimum absolute atomic E-state index is 0.809. The van der Waals surface area contributed by atoms with E-state index in [-0.39, 0.29) is 0 Å². The molecule has 2 aromatic heterocycles. The summed E-state index contributed by atoms with van der Waals surface area (Å²) in [5, 5.41) is 10.3. The molecule has 0 aromatic carbocycles. The van der Waals surface area contributed by atoms with Gasteiger partial charge in [0.05, 0.1) is 6.20 Å². The van der Waals surface area contributed by atoms with Crippen LogP contribution in [0, 0.1) is 0 Å². The van der Waals surface area contributed by atoms with Gasteiger partial charge in [0.25, 0.3) is 0 Å². The summed E-state index contributed by atoms with van der Waals surface area (Å²) in [7, 11) is 3.75. The SMILES string of the molecule is CNc1cc(NCCc2cnn(C)c2)ncn1. The van der Waals surface area contributed by atoms with Crippen molar-refractivity contribution in [2.75, 3.05) is 24.2 Å². The van der Waals surface area contributed by atoms with Crippen molar-refractivity contribution in [1.82, 2.24) is 19.7 Å². The van der Waals surface area contributed by atoms with E-state index in [9.17, 15) is 0 Å². The van der Waals surface area contributed by atoms with Crippen LogP contribution in [0.15, 0.2) is 24.8 Å². The second-order valence-corrected chi connectivity index (χ2v) is 3.74. The predicted octanol–water partition coefficient (Wildman–Crippen LogP) is 0.906. The van der Waals surface area contributed by atoms with Gasteiger partial charge >= 0.3 is 0 Å². The van der Waals surface area contributed by atoms with Crippen LogP contribution < -0.4 is 10.6 Å². The van der Waals surface area contributed by atoms with Gasteiger partial charge in [-0.15, -0.1) is 0 Å². The van der Waals surface area contributed by atoms with Crippen molar-refractivity contribution in [3.8, 4) is 0 Å². The number of hydrogen-bond acceptors (Lipinski definition) is 5. The molecule has 0 aliphatic heterocycles. The largest absolute Gasteiger partial charge is 0.373 e. The van der Waals surface area contributed by atoms with Gasteiger partial charge in [0.15, 0.2) is 0 Å². The average molecular weight is 232 g/mol. The maximum atomic E-state index is 4.14. The first-order valence-corrected chi connectivity index (χ1v) is 5.49. The molecule has 2 heterocycles. The molecule has 2 N–H and O–H groups in total. The van der Waals surface area contributed by atoms with Crippen LogP contribution >= 0.6 is 0 Å². The minimum Gasteiger partial charge on any atom is -0.373 e. The van der Waals surface area contributed by atoms with Crippen LogP contribution in [0.2, 0.25) is 0 Å². The molecule has 6 heteroatoms. The molecule has 0 aliphatic rings. The minimum atomic E-state index is 0.809. The van der Waals surface area contributed by atoms with Gasteiger partial charge < -0.3 is 10.6 Å². The molecular formula is C11H16N6. The molecule has 0 saturated heterocycles. The quantitative estimate of drug-likeness (QED) is 0.802. The van der Waals surface area contributed by atoms with E-state index in [4.69, 9.17) is 0 Å². The van der Waals surface area contributed by atoms with Gasteiger partial charge in [-0.3, -0.25) is 4.68 Å². The summed E-state index contributed by atoms with van der Waals surface area (Å²) in [4.78, 5) is 8.19. The molecular weight excluding hydrogens is 216 g/mol. The third kappa shape index (κ3) is 3.17.